The Morgan fingerprint density at radius 1 is 1.32 bits per heavy atom. The molecule has 3 aliphatic rings. The Balaban J connectivity index is 2.04. The predicted molar refractivity (Wildman–Crippen MR) is 74.9 cm³/mol. The van der Waals surface area contributed by atoms with Gasteiger partial charge in [-0.05, 0) is 39.0 Å². The quantitative estimate of drug-likeness (QED) is 0.716. The van der Waals surface area contributed by atoms with E-state index < -0.39 is 0 Å². The van der Waals surface area contributed by atoms with Crippen molar-refractivity contribution in [3.63, 3.8) is 0 Å². The van der Waals surface area contributed by atoms with Gasteiger partial charge in [0.15, 0.2) is 0 Å². The lowest BCUT2D eigenvalue weighted by Gasteiger charge is -2.56. The van der Waals surface area contributed by atoms with Crippen LogP contribution in [0.4, 0.5) is 0 Å². The van der Waals surface area contributed by atoms with Gasteiger partial charge in [0, 0.05) is 12.3 Å². The van der Waals surface area contributed by atoms with Crippen molar-refractivity contribution in [2.75, 3.05) is 0 Å². The number of hydrogen-bond acceptors (Lipinski definition) is 3. The summed E-state index contributed by atoms with van der Waals surface area (Å²) in [4.78, 5) is 12.1. The molecule has 0 unspecified atom stereocenters. The van der Waals surface area contributed by atoms with Crippen molar-refractivity contribution in [3.8, 4) is 0 Å². The van der Waals surface area contributed by atoms with E-state index in [1.807, 2.05) is 0 Å². The molecule has 110 valence electrons. The third-order valence-corrected chi connectivity index (χ3v) is 4.43. The molecule has 0 aromatic carbocycles. The molecule has 2 aliphatic heterocycles. The summed E-state index contributed by atoms with van der Waals surface area (Å²) in [5.41, 5.74) is -0.316. The average Bonchev–Trinajstić information content (AvgIpc) is 2.09. The van der Waals surface area contributed by atoms with E-state index in [1.54, 1.807) is 0 Å². The predicted octanol–water partition coefficient (Wildman–Crippen LogP) is 3.70. The molecule has 3 heteroatoms. The second-order valence-corrected chi connectivity index (χ2v) is 8.27. The Kier molecular flexibility index (Phi) is 3.49. The molecule has 0 spiro atoms. The Hall–Kier alpha value is -0.570. The van der Waals surface area contributed by atoms with Crippen LogP contribution in [0.3, 0.4) is 0 Å². The number of rotatable bonds is 2. The molecule has 3 nitrogen and oxygen atoms in total. The van der Waals surface area contributed by atoms with Crippen molar-refractivity contribution in [2.45, 2.75) is 84.5 Å². The molecule has 0 radical (unpaired) electrons. The van der Waals surface area contributed by atoms with Crippen LogP contribution < -0.4 is 0 Å². The van der Waals surface area contributed by atoms with Gasteiger partial charge in [-0.1, -0.05) is 20.8 Å². The fraction of sp³-hybridized carbons (Fsp3) is 0.938. The number of fused-ring (bicyclic) bond motifs is 3. The van der Waals surface area contributed by atoms with Crippen LogP contribution in [0.2, 0.25) is 0 Å². The number of esters is 1. The molecule has 2 heterocycles. The summed E-state index contributed by atoms with van der Waals surface area (Å²) in [5.74, 6) is 0.266. The maximum absolute atomic E-state index is 12.1. The summed E-state index contributed by atoms with van der Waals surface area (Å²) in [5, 5.41) is 0. The van der Waals surface area contributed by atoms with Gasteiger partial charge in [0.1, 0.15) is 6.10 Å². The van der Waals surface area contributed by atoms with E-state index in [0.29, 0.717) is 12.3 Å². The first-order valence-corrected chi connectivity index (χ1v) is 7.40. The third-order valence-electron chi connectivity index (χ3n) is 4.43. The fourth-order valence-electron chi connectivity index (χ4n) is 3.68. The SMILES string of the molecule is CC(C)(C)CC(=O)O[C@H]1C[C@@]2(C)CC[C@H]1C(C)(C)O2. The number of ether oxygens (including phenoxy) is 2. The first-order chi connectivity index (χ1) is 8.51. The second kappa shape index (κ2) is 4.47. The minimum absolute atomic E-state index is 0.0132. The maximum Gasteiger partial charge on any atom is 0.306 e. The topological polar surface area (TPSA) is 35.5 Å². The third kappa shape index (κ3) is 3.31. The minimum atomic E-state index is -0.183. The van der Waals surface area contributed by atoms with Gasteiger partial charge in [0.05, 0.1) is 17.6 Å². The summed E-state index contributed by atoms with van der Waals surface area (Å²) in [6.45, 7) is 12.6. The molecule has 1 saturated carbocycles. The van der Waals surface area contributed by atoms with Gasteiger partial charge in [-0.25, -0.2) is 0 Å². The highest BCUT2D eigenvalue weighted by Crippen LogP contribution is 2.50. The zero-order chi connectivity index (χ0) is 14.5. The van der Waals surface area contributed by atoms with Crippen LogP contribution in [0, 0.1) is 11.3 Å². The van der Waals surface area contributed by atoms with Crippen molar-refractivity contribution in [2.24, 2.45) is 11.3 Å². The Labute approximate surface area is 117 Å². The van der Waals surface area contributed by atoms with E-state index in [-0.39, 0.29) is 28.7 Å². The minimum Gasteiger partial charge on any atom is -0.462 e. The van der Waals surface area contributed by atoms with Gasteiger partial charge in [-0.15, -0.1) is 0 Å². The molecule has 3 rings (SSSR count). The lowest BCUT2D eigenvalue weighted by Crippen LogP contribution is -2.60. The Morgan fingerprint density at radius 3 is 2.42 bits per heavy atom. The molecule has 0 aromatic heterocycles. The van der Waals surface area contributed by atoms with Crippen LogP contribution in [0.5, 0.6) is 0 Å². The highest BCUT2D eigenvalue weighted by atomic mass is 16.6. The molecule has 2 bridgehead atoms. The van der Waals surface area contributed by atoms with E-state index in [9.17, 15) is 4.79 Å². The smallest absolute Gasteiger partial charge is 0.306 e. The van der Waals surface area contributed by atoms with Crippen molar-refractivity contribution < 1.29 is 14.3 Å². The lowest BCUT2D eigenvalue weighted by molar-refractivity contribution is -0.267. The molecule has 3 fully saturated rings. The maximum atomic E-state index is 12.1. The van der Waals surface area contributed by atoms with Crippen LogP contribution in [0.15, 0.2) is 0 Å². The van der Waals surface area contributed by atoms with Gasteiger partial charge >= 0.3 is 5.97 Å². The highest BCUT2D eigenvalue weighted by molar-refractivity contribution is 5.70. The largest absolute Gasteiger partial charge is 0.462 e. The number of carbonyl (C=O) groups excluding carboxylic acids is 1. The van der Waals surface area contributed by atoms with E-state index >= 15 is 0 Å². The molecule has 3 atom stereocenters. The van der Waals surface area contributed by atoms with Crippen molar-refractivity contribution in [3.05, 3.63) is 0 Å². The van der Waals surface area contributed by atoms with Gasteiger partial charge < -0.3 is 9.47 Å². The highest BCUT2D eigenvalue weighted by Gasteiger charge is 2.54. The molecule has 0 aromatic rings. The first-order valence-electron chi connectivity index (χ1n) is 7.40. The van der Waals surface area contributed by atoms with E-state index in [2.05, 4.69) is 41.5 Å². The molecule has 0 N–H and O–H groups in total. The molecular formula is C16H28O3. The first kappa shape index (κ1) is 14.8. The Bertz CT molecular complexity index is 364. The van der Waals surface area contributed by atoms with Crippen molar-refractivity contribution >= 4 is 5.97 Å². The Morgan fingerprint density at radius 2 is 1.95 bits per heavy atom. The molecule has 19 heavy (non-hydrogen) atoms. The molecular weight excluding hydrogens is 240 g/mol. The fourth-order valence-corrected chi connectivity index (χ4v) is 3.68. The summed E-state index contributed by atoms with van der Waals surface area (Å²) < 4.78 is 12.0. The summed E-state index contributed by atoms with van der Waals surface area (Å²) in [6.07, 6.45) is 3.52. The zero-order valence-electron chi connectivity index (χ0n) is 13.2. The van der Waals surface area contributed by atoms with E-state index in [4.69, 9.17) is 9.47 Å². The summed E-state index contributed by atoms with van der Waals surface area (Å²) >= 11 is 0. The molecule has 0 amide bonds. The van der Waals surface area contributed by atoms with Crippen LogP contribution in [0.25, 0.3) is 0 Å². The van der Waals surface area contributed by atoms with E-state index in [0.717, 1.165) is 19.3 Å². The normalized spacial score (nSPS) is 37.2. The zero-order valence-corrected chi connectivity index (χ0v) is 13.2. The van der Waals surface area contributed by atoms with Crippen molar-refractivity contribution in [1.29, 1.82) is 0 Å². The van der Waals surface area contributed by atoms with Gasteiger partial charge in [-0.2, -0.15) is 0 Å². The van der Waals surface area contributed by atoms with E-state index in [1.165, 1.54) is 0 Å². The summed E-state index contributed by atoms with van der Waals surface area (Å²) in [7, 11) is 0. The standard InChI is InChI=1S/C16H28O3/c1-14(2,3)10-13(17)18-12-9-16(6)8-7-11(12)15(4,5)19-16/h11-12H,7-10H2,1-6H3/t11-,12+,16-/m1/s1. The molecule has 1 aliphatic carbocycles. The van der Waals surface area contributed by atoms with Gasteiger partial charge in [0.2, 0.25) is 0 Å². The van der Waals surface area contributed by atoms with Crippen LogP contribution in [-0.4, -0.2) is 23.3 Å². The van der Waals surface area contributed by atoms with Crippen LogP contribution in [0.1, 0.15) is 67.2 Å². The molecule has 2 saturated heterocycles. The monoisotopic (exact) mass is 268 g/mol. The van der Waals surface area contributed by atoms with Crippen molar-refractivity contribution in [1.82, 2.24) is 0 Å². The van der Waals surface area contributed by atoms with Gasteiger partial charge in [0.25, 0.3) is 0 Å². The number of carbonyl (C=O) groups is 1. The van der Waals surface area contributed by atoms with Crippen LogP contribution in [-0.2, 0) is 14.3 Å². The summed E-state index contributed by atoms with van der Waals surface area (Å²) in [6, 6.07) is 0. The lowest BCUT2D eigenvalue weighted by atomic mass is 9.67. The second-order valence-electron chi connectivity index (χ2n) is 8.27. The van der Waals surface area contributed by atoms with Crippen LogP contribution >= 0.6 is 0 Å². The number of hydrogen-bond donors (Lipinski definition) is 0. The average molecular weight is 268 g/mol. The van der Waals surface area contributed by atoms with Gasteiger partial charge in [-0.3, -0.25) is 4.79 Å².